The van der Waals surface area contributed by atoms with E-state index in [1.54, 1.807) is 0 Å². The summed E-state index contributed by atoms with van der Waals surface area (Å²) >= 11 is 0. The van der Waals surface area contributed by atoms with Crippen molar-refractivity contribution in [3.63, 3.8) is 0 Å². The lowest BCUT2D eigenvalue weighted by atomic mass is 10.2. The fourth-order valence-corrected chi connectivity index (χ4v) is 3.18. The average Bonchev–Trinajstić information content (AvgIpc) is 2.64. The van der Waals surface area contributed by atoms with E-state index in [2.05, 4.69) is 9.71 Å². The van der Waals surface area contributed by atoms with Crippen molar-refractivity contribution >= 4 is 15.8 Å². The molecule has 2 aromatic carbocycles. The Bertz CT molecular complexity index is 1130. The molecule has 0 radical (unpaired) electrons. The van der Waals surface area contributed by atoms with Crippen LogP contribution in [0.3, 0.4) is 0 Å². The Morgan fingerprint density at radius 1 is 1.04 bits per heavy atom. The van der Waals surface area contributed by atoms with Gasteiger partial charge < -0.3 is 4.74 Å². The van der Waals surface area contributed by atoms with Gasteiger partial charge >= 0.3 is 0 Å². The molecule has 1 aromatic heterocycles. The van der Waals surface area contributed by atoms with Gasteiger partial charge in [-0.15, -0.1) is 0 Å². The van der Waals surface area contributed by atoms with Crippen molar-refractivity contribution in [1.82, 2.24) is 4.98 Å². The number of hydrogen-bond donors (Lipinski definition) is 1. The number of nitrogens with one attached hydrogen (secondary N) is 1. The van der Waals surface area contributed by atoms with E-state index in [4.69, 9.17) is 4.74 Å². The maximum absolute atomic E-state index is 13.2. The van der Waals surface area contributed by atoms with Gasteiger partial charge in [0.15, 0.2) is 0 Å². The van der Waals surface area contributed by atoms with Gasteiger partial charge in [-0.05, 0) is 42.5 Å². The van der Waals surface area contributed by atoms with Gasteiger partial charge in [-0.2, -0.15) is 5.26 Å². The molecule has 0 aliphatic heterocycles. The molecule has 0 fully saturated rings. The van der Waals surface area contributed by atoms with Crippen LogP contribution < -0.4 is 9.46 Å². The molecule has 1 N–H and O–H groups in total. The number of sulfonamides is 1. The number of halogens is 2. The summed E-state index contributed by atoms with van der Waals surface area (Å²) in [6.45, 7) is 0. The molecule has 136 valence electrons. The molecule has 0 atom stereocenters. The van der Waals surface area contributed by atoms with Crippen molar-refractivity contribution in [2.45, 2.75) is 4.90 Å². The van der Waals surface area contributed by atoms with E-state index in [0.717, 1.165) is 24.4 Å². The molecule has 0 saturated carbocycles. The fraction of sp³-hybridized carbons (Fsp3) is 0. The Morgan fingerprint density at radius 3 is 2.52 bits per heavy atom. The van der Waals surface area contributed by atoms with E-state index >= 15 is 0 Å². The van der Waals surface area contributed by atoms with E-state index in [1.807, 2.05) is 6.07 Å². The van der Waals surface area contributed by atoms with Crippen LogP contribution in [-0.4, -0.2) is 13.4 Å². The zero-order chi connectivity index (χ0) is 19.4. The van der Waals surface area contributed by atoms with Gasteiger partial charge in [-0.25, -0.2) is 22.2 Å². The lowest BCUT2D eigenvalue weighted by molar-refractivity contribution is 0.475. The summed E-state index contributed by atoms with van der Waals surface area (Å²) in [5, 5.41) is 9.29. The first kappa shape index (κ1) is 18.3. The quantitative estimate of drug-likeness (QED) is 0.718. The highest BCUT2D eigenvalue weighted by atomic mass is 32.2. The van der Waals surface area contributed by atoms with Gasteiger partial charge in [-0.1, -0.05) is 6.07 Å². The molecule has 0 amide bonds. The van der Waals surface area contributed by atoms with Gasteiger partial charge in [0.25, 0.3) is 10.0 Å². The average molecular weight is 387 g/mol. The number of nitriles is 1. The minimum atomic E-state index is -4.06. The van der Waals surface area contributed by atoms with Crippen molar-refractivity contribution < 1.29 is 21.9 Å². The summed E-state index contributed by atoms with van der Waals surface area (Å²) in [6, 6.07) is 13.0. The van der Waals surface area contributed by atoms with Crippen LogP contribution in [0.1, 0.15) is 5.56 Å². The van der Waals surface area contributed by atoms with Crippen molar-refractivity contribution in [3.05, 3.63) is 78.0 Å². The zero-order valence-corrected chi connectivity index (χ0v) is 14.4. The van der Waals surface area contributed by atoms with Crippen molar-refractivity contribution in [2.24, 2.45) is 0 Å². The smallest absolute Gasteiger partial charge is 0.263 e. The second kappa shape index (κ2) is 7.39. The molecule has 0 saturated heterocycles. The number of rotatable bonds is 5. The molecule has 3 aromatic rings. The lowest BCUT2D eigenvalue weighted by Crippen LogP contribution is -2.14. The lowest BCUT2D eigenvalue weighted by Gasteiger charge is -2.11. The molecule has 6 nitrogen and oxygen atoms in total. The molecule has 0 spiro atoms. The molecule has 0 aliphatic rings. The third-order valence-electron chi connectivity index (χ3n) is 3.37. The first-order chi connectivity index (χ1) is 12.9. The van der Waals surface area contributed by atoms with Crippen molar-refractivity contribution in [3.8, 4) is 17.6 Å². The maximum Gasteiger partial charge on any atom is 0.263 e. The number of benzene rings is 2. The Hall–Kier alpha value is -3.51. The van der Waals surface area contributed by atoms with Gasteiger partial charge in [0, 0.05) is 6.07 Å². The highest BCUT2D eigenvalue weighted by molar-refractivity contribution is 7.92. The molecule has 0 unspecified atom stereocenters. The number of anilines is 1. The molecule has 27 heavy (non-hydrogen) atoms. The van der Waals surface area contributed by atoms with Crippen LogP contribution in [0.4, 0.5) is 14.6 Å². The van der Waals surface area contributed by atoms with Crippen molar-refractivity contribution in [2.75, 3.05) is 4.72 Å². The van der Waals surface area contributed by atoms with Gasteiger partial charge in [-0.3, -0.25) is 4.72 Å². The third-order valence-corrected chi connectivity index (χ3v) is 4.72. The number of pyridine rings is 1. The van der Waals surface area contributed by atoms with E-state index < -0.39 is 21.7 Å². The molecular formula is C18H11F2N3O3S. The molecule has 0 aliphatic carbocycles. The normalized spacial score (nSPS) is 10.9. The predicted octanol–water partition coefficient (Wildman–Crippen LogP) is 3.82. The molecule has 1 heterocycles. The Balaban J connectivity index is 1.89. The molecular weight excluding hydrogens is 376 g/mol. The Kier molecular flexibility index (Phi) is 5.00. The largest absolute Gasteiger partial charge is 0.456 e. The van der Waals surface area contributed by atoms with E-state index in [0.29, 0.717) is 0 Å². The van der Waals surface area contributed by atoms with Crippen LogP contribution in [0.5, 0.6) is 11.5 Å². The van der Waals surface area contributed by atoms with Crippen molar-refractivity contribution in [1.29, 1.82) is 5.26 Å². The van der Waals surface area contributed by atoms with Crippen LogP contribution in [-0.2, 0) is 10.0 Å². The summed E-state index contributed by atoms with van der Waals surface area (Å²) in [6.07, 6.45) is 0.870. The highest BCUT2D eigenvalue weighted by Gasteiger charge is 2.18. The monoisotopic (exact) mass is 387 g/mol. The summed E-state index contributed by atoms with van der Waals surface area (Å²) in [4.78, 5) is 3.41. The SMILES string of the molecule is N#Cc1cc(S(=O)(=O)Nc2ccc(F)cn2)ccc1Oc1cccc(F)c1. The van der Waals surface area contributed by atoms with E-state index in [-0.39, 0.29) is 27.8 Å². The van der Waals surface area contributed by atoms with E-state index in [1.165, 1.54) is 36.4 Å². The number of hydrogen-bond acceptors (Lipinski definition) is 5. The minimum absolute atomic E-state index is 0.0609. The minimum Gasteiger partial charge on any atom is -0.456 e. The summed E-state index contributed by atoms with van der Waals surface area (Å²) in [5.74, 6) is -0.961. The fourth-order valence-electron chi connectivity index (χ4n) is 2.14. The molecule has 3 rings (SSSR count). The number of nitrogens with zero attached hydrogens (tertiary/aromatic N) is 2. The van der Waals surface area contributed by atoms with Crippen LogP contribution in [0.15, 0.2) is 65.7 Å². The van der Waals surface area contributed by atoms with Gasteiger partial charge in [0.05, 0.1) is 16.7 Å². The molecule has 9 heteroatoms. The Morgan fingerprint density at radius 2 is 1.85 bits per heavy atom. The highest BCUT2D eigenvalue weighted by Crippen LogP contribution is 2.28. The third kappa shape index (κ3) is 4.37. The molecule has 0 bridgehead atoms. The van der Waals surface area contributed by atoms with Gasteiger partial charge in [0.1, 0.15) is 35.0 Å². The van der Waals surface area contributed by atoms with Crippen LogP contribution in [0.2, 0.25) is 0 Å². The maximum atomic E-state index is 13.2. The van der Waals surface area contributed by atoms with Gasteiger partial charge in [0.2, 0.25) is 0 Å². The standard InChI is InChI=1S/C18H11F2N3O3S/c19-13-2-1-3-15(9-13)26-17-6-5-16(8-12(17)10-21)27(24,25)23-18-7-4-14(20)11-22-18/h1-9,11H,(H,22,23). The number of aromatic nitrogens is 1. The van der Waals surface area contributed by atoms with Crippen LogP contribution in [0.25, 0.3) is 0 Å². The first-order valence-corrected chi connectivity index (χ1v) is 8.98. The van der Waals surface area contributed by atoms with Crippen LogP contribution in [0, 0.1) is 23.0 Å². The Labute approximate surface area is 153 Å². The second-order valence-electron chi connectivity index (χ2n) is 5.30. The first-order valence-electron chi connectivity index (χ1n) is 7.49. The second-order valence-corrected chi connectivity index (χ2v) is 6.98. The number of ether oxygens (including phenoxy) is 1. The zero-order valence-electron chi connectivity index (χ0n) is 13.6. The summed E-state index contributed by atoms with van der Waals surface area (Å²) in [7, 11) is -4.06. The predicted molar refractivity (Wildman–Crippen MR) is 92.6 cm³/mol. The van der Waals surface area contributed by atoms with Crippen LogP contribution >= 0.6 is 0 Å². The summed E-state index contributed by atoms with van der Waals surface area (Å²) < 4.78 is 58.6. The van der Waals surface area contributed by atoms with E-state index in [9.17, 15) is 22.5 Å². The topological polar surface area (TPSA) is 92.1 Å². The summed E-state index contributed by atoms with van der Waals surface area (Å²) in [5.41, 5.74) is -0.0609.